The van der Waals surface area contributed by atoms with Crippen molar-refractivity contribution in [1.82, 2.24) is 9.80 Å². The highest BCUT2D eigenvalue weighted by Crippen LogP contribution is 2.30. The highest BCUT2D eigenvalue weighted by atomic mass is 16.2. The monoisotopic (exact) mass is 329 g/mol. The molecule has 1 atom stereocenters. The number of carbonyl (C=O) groups is 3. The lowest BCUT2D eigenvalue weighted by molar-refractivity contribution is -0.132. The van der Waals surface area contributed by atoms with Gasteiger partial charge < -0.3 is 14.7 Å². The first kappa shape index (κ1) is 16.5. The Balaban J connectivity index is 1.83. The number of fused-ring (bicyclic) bond motifs is 1. The third-order valence-corrected chi connectivity index (χ3v) is 4.84. The molecule has 1 unspecified atom stereocenters. The summed E-state index contributed by atoms with van der Waals surface area (Å²) in [6, 6.07) is 5.11. The van der Waals surface area contributed by atoms with Gasteiger partial charge in [-0.3, -0.25) is 14.4 Å². The summed E-state index contributed by atoms with van der Waals surface area (Å²) in [6.45, 7) is 2.82. The van der Waals surface area contributed by atoms with Crippen molar-refractivity contribution in [2.75, 3.05) is 32.1 Å². The van der Waals surface area contributed by atoms with Gasteiger partial charge in [0.1, 0.15) is 6.04 Å². The number of hydrogen-bond donors (Lipinski definition) is 0. The zero-order valence-corrected chi connectivity index (χ0v) is 14.4. The zero-order chi connectivity index (χ0) is 17.4. The molecule has 128 valence electrons. The van der Waals surface area contributed by atoms with Crippen molar-refractivity contribution in [3.05, 3.63) is 29.3 Å². The summed E-state index contributed by atoms with van der Waals surface area (Å²) in [5, 5.41) is 0. The summed E-state index contributed by atoms with van der Waals surface area (Å²) in [5.74, 6) is -0.106. The van der Waals surface area contributed by atoms with Gasteiger partial charge in [-0.05, 0) is 43.0 Å². The molecular formula is C18H23N3O3. The molecule has 1 saturated heterocycles. The number of likely N-dealkylation sites (tertiary alicyclic amines) is 1. The first-order valence-corrected chi connectivity index (χ1v) is 8.33. The molecule has 1 fully saturated rings. The van der Waals surface area contributed by atoms with Crippen LogP contribution in [-0.4, -0.2) is 60.7 Å². The van der Waals surface area contributed by atoms with Crippen molar-refractivity contribution in [3.8, 4) is 0 Å². The van der Waals surface area contributed by atoms with Crippen molar-refractivity contribution in [2.45, 2.75) is 32.2 Å². The van der Waals surface area contributed by atoms with Crippen molar-refractivity contribution >= 4 is 23.4 Å². The van der Waals surface area contributed by atoms with E-state index < -0.39 is 0 Å². The van der Waals surface area contributed by atoms with E-state index in [0.717, 1.165) is 24.1 Å². The molecule has 0 bridgehead atoms. The van der Waals surface area contributed by atoms with E-state index in [-0.39, 0.29) is 23.8 Å². The molecule has 6 heteroatoms. The molecule has 1 aromatic rings. The third-order valence-electron chi connectivity index (χ3n) is 4.84. The Labute approximate surface area is 142 Å². The van der Waals surface area contributed by atoms with E-state index in [4.69, 9.17) is 0 Å². The van der Waals surface area contributed by atoms with Gasteiger partial charge in [-0.1, -0.05) is 0 Å². The van der Waals surface area contributed by atoms with Gasteiger partial charge in [0.2, 0.25) is 11.8 Å². The van der Waals surface area contributed by atoms with Crippen molar-refractivity contribution < 1.29 is 14.4 Å². The molecule has 24 heavy (non-hydrogen) atoms. The number of carbonyl (C=O) groups excluding carboxylic acids is 3. The summed E-state index contributed by atoms with van der Waals surface area (Å²) in [6.07, 6.45) is 2.32. The standard InChI is InChI=1S/C18H23N3O3/c1-12(22)20-10-8-13-11-14(6-7-15(13)20)17(23)21-9-4-5-16(21)18(24)19(2)3/h6-7,11,16H,4-5,8-10H2,1-3H3. The van der Waals surface area contributed by atoms with Crippen LogP contribution in [0.3, 0.4) is 0 Å². The van der Waals surface area contributed by atoms with Crippen LogP contribution < -0.4 is 4.90 Å². The summed E-state index contributed by atoms with van der Waals surface area (Å²) in [4.78, 5) is 41.7. The highest BCUT2D eigenvalue weighted by molar-refractivity contribution is 6.00. The molecule has 0 saturated carbocycles. The topological polar surface area (TPSA) is 60.9 Å². The molecule has 2 aliphatic rings. The van der Waals surface area contributed by atoms with Gasteiger partial charge in [-0.15, -0.1) is 0 Å². The average Bonchev–Trinajstić information content (AvgIpc) is 3.19. The minimum absolute atomic E-state index is 0.0176. The number of hydrogen-bond acceptors (Lipinski definition) is 3. The number of anilines is 1. The molecule has 0 N–H and O–H groups in total. The fraction of sp³-hybridized carbons (Fsp3) is 0.500. The van der Waals surface area contributed by atoms with Gasteiger partial charge in [0.15, 0.2) is 0 Å². The lowest BCUT2D eigenvalue weighted by Crippen LogP contribution is -2.45. The minimum Gasteiger partial charge on any atom is -0.347 e. The molecule has 2 aliphatic heterocycles. The molecular weight excluding hydrogens is 306 g/mol. The number of likely N-dealkylation sites (N-methyl/N-ethyl adjacent to an activating group) is 1. The minimum atomic E-state index is -0.366. The lowest BCUT2D eigenvalue weighted by atomic mass is 10.1. The van der Waals surface area contributed by atoms with Crippen LogP contribution in [0.2, 0.25) is 0 Å². The molecule has 2 heterocycles. The van der Waals surface area contributed by atoms with Crippen LogP contribution in [0.25, 0.3) is 0 Å². The van der Waals surface area contributed by atoms with Crippen LogP contribution >= 0.6 is 0 Å². The predicted octanol–water partition coefficient (Wildman–Crippen LogP) is 1.29. The van der Waals surface area contributed by atoms with Gasteiger partial charge in [-0.25, -0.2) is 0 Å². The second kappa shape index (κ2) is 6.26. The van der Waals surface area contributed by atoms with E-state index >= 15 is 0 Å². The van der Waals surface area contributed by atoms with Gasteiger partial charge in [0.25, 0.3) is 5.91 Å². The van der Waals surface area contributed by atoms with Gasteiger partial charge in [0.05, 0.1) is 0 Å². The summed E-state index contributed by atoms with van der Waals surface area (Å²) < 4.78 is 0. The fourth-order valence-electron chi connectivity index (χ4n) is 3.59. The largest absolute Gasteiger partial charge is 0.347 e. The Morgan fingerprint density at radius 3 is 2.58 bits per heavy atom. The summed E-state index contributed by atoms with van der Waals surface area (Å²) in [5.41, 5.74) is 2.50. The second-order valence-electron chi connectivity index (χ2n) is 6.65. The summed E-state index contributed by atoms with van der Waals surface area (Å²) >= 11 is 0. The number of amides is 3. The first-order chi connectivity index (χ1) is 11.4. The average molecular weight is 329 g/mol. The third kappa shape index (κ3) is 2.77. The van der Waals surface area contributed by atoms with Crippen molar-refractivity contribution in [1.29, 1.82) is 0 Å². The van der Waals surface area contributed by atoms with Crippen molar-refractivity contribution in [3.63, 3.8) is 0 Å². The van der Waals surface area contributed by atoms with Crippen molar-refractivity contribution in [2.24, 2.45) is 0 Å². The van der Waals surface area contributed by atoms with Gasteiger partial charge >= 0.3 is 0 Å². The van der Waals surface area contributed by atoms with E-state index in [9.17, 15) is 14.4 Å². The quantitative estimate of drug-likeness (QED) is 0.821. The maximum Gasteiger partial charge on any atom is 0.254 e. The van der Waals surface area contributed by atoms with Crippen LogP contribution in [-0.2, 0) is 16.0 Å². The number of rotatable bonds is 2. The molecule has 0 radical (unpaired) electrons. The van der Waals surface area contributed by atoms with Gasteiger partial charge in [0, 0.05) is 45.4 Å². The van der Waals surface area contributed by atoms with Gasteiger partial charge in [-0.2, -0.15) is 0 Å². The maximum absolute atomic E-state index is 12.9. The second-order valence-corrected chi connectivity index (χ2v) is 6.65. The Morgan fingerprint density at radius 1 is 1.17 bits per heavy atom. The highest BCUT2D eigenvalue weighted by Gasteiger charge is 2.35. The van der Waals surface area contributed by atoms with Crippen LogP contribution in [0, 0.1) is 0 Å². The number of benzene rings is 1. The van der Waals surface area contributed by atoms with Crippen LogP contribution in [0.15, 0.2) is 18.2 Å². The summed E-state index contributed by atoms with van der Waals surface area (Å²) in [7, 11) is 3.43. The van der Waals surface area contributed by atoms with E-state index in [0.29, 0.717) is 25.1 Å². The Bertz CT molecular complexity index is 699. The molecule has 0 aromatic heterocycles. The number of nitrogens with zero attached hydrogens (tertiary/aromatic N) is 3. The molecule has 1 aromatic carbocycles. The predicted molar refractivity (Wildman–Crippen MR) is 90.9 cm³/mol. The van der Waals surface area contributed by atoms with Crippen LogP contribution in [0.5, 0.6) is 0 Å². The van der Waals surface area contributed by atoms with Crippen LogP contribution in [0.1, 0.15) is 35.7 Å². The van der Waals surface area contributed by atoms with E-state index in [1.165, 1.54) is 0 Å². The normalized spacial score (nSPS) is 19.4. The fourth-order valence-corrected chi connectivity index (χ4v) is 3.59. The Morgan fingerprint density at radius 2 is 1.92 bits per heavy atom. The zero-order valence-electron chi connectivity index (χ0n) is 14.4. The molecule has 0 aliphatic carbocycles. The molecule has 3 amide bonds. The van der Waals surface area contributed by atoms with E-state index in [1.54, 1.807) is 41.8 Å². The molecule has 0 spiro atoms. The maximum atomic E-state index is 12.9. The smallest absolute Gasteiger partial charge is 0.254 e. The Hall–Kier alpha value is -2.37. The molecule has 3 rings (SSSR count). The lowest BCUT2D eigenvalue weighted by Gasteiger charge is -2.26. The molecule has 6 nitrogen and oxygen atoms in total. The van der Waals surface area contributed by atoms with E-state index in [2.05, 4.69) is 0 Å². The van der Waals surface area contributed by atoms with Crippen LogP contribution in [0.4, 0.5) is 5.69 Å². The Kier molecular flexibility index (Phi) is 4.30. The van der Waals surface area contributed by atoms with E-state index in [1.807, 2.05) is 12.1 Å². The first-order valence-electron chi connectivity index (χ1n) is 8.33. The SMILES string of the molecule is CC(=O)N1CCc2cc(C(=O)N3CCCC3C(=O)N(C)C)ccc21.